The van der Waals surface area contributed by atoms with Crippen molar-refractivity contribution in [2.45, 2.75) is 33.7 Å². The van der Waals surface area contributed by atoms with E-state index in [1.165, 1.54) is 11.3 Å². The maximum atomic E-state index is 13.4. The summed E-state index contributed by atoms with van der Waals surface area (Å²) in [6.45, 7) is 11.5. The fraction of sp³-hybridized carbons (Fsp3) is 0.476. The van der Waals surface area contributed by atoms with Crippen LogP contribution >= 0.6 is 11.3 Å². The molecule has 2 heterocycles. The monoisotopic (exact) mass is 415 g/mol. The van der Waals surface area contributed by atoms with Crippen molar-refractivity contribution in [3.8, 4) is 5.75 Å². The Balaban J connectivity index is 1.97. The molecule has 0 bridgehead atoms. The molecule has 0 fully saturated rings. The number of para-hydroxylation sites is 1. The molecule has 0 aliphatic carbocycles. The summed E-state index contributed by atoms with van der Waals surface area (Å²) in [7, 11) is 1.63. The Bertz CT molecular complexity index is 961. The molecule has 8 heteroatoms. The molecule has 3 aromatic rings. The molecule has 0 unspecified atom stereocenters. The molecule has 0 N–H and O–H groups in total. The van der Waals surface area contributed by atoms with Gasteiger partial charge in [-0.05, 0) is 45.1 Å². The number of nitrogens with zero attached hydrogens (tertiary/aromatic N) is 5. The van der Waals surface area contributed by atoms with Crippen LogP contribution in [-0.4, -0.2) is 58.9 Å². The Morgan fingerprint density at radius 3 is 2.59 bits per heavy atom. The van der Waals surface area contributed by atoms with E-state index in [1.807, 2.05) is 38.2 Å². The van der Waals surface area contributed by atoms with Crippen molar-refractivity contribution in [1.82, 2.24) is 19.7 Å². The lowest BCUT2D eigenvalue weighted by atomic mass is 10.3. The molecule has 2 aromatic heterocycles. The zero-order valence-corrected chi connectivity index (χ0v) is 18.6. The molecule has 3 rings (SSSR count). The number of anilines is 1. The lowest BCUT2D eigenvalue weighted by Gasteiger charge is -2.24. The number of benzene rings is 1. The van der Waals surface area contributed by atoms with Crippen LogP contribution in [0.4, 0.5) is 5.13 Å². The maximum absolute atomic E-state index is 13.4. The second-order valence-corrected chi connectivity index (χ2v) is 8.07. The highest BCUT2D eigenvalue weighted by atomic mass is 32.1. The summed E-state index contributed by atoms with van der Waals surface area (Å²) in [5.74, 6) is 0.583. The van der Waals surface area contributed by atoms with Crippen molar-refractivity contribution >= 4 is 32.6 Å². The number of rotatable bonds is 9. The van der Waals surface area contributed by atoms with Crippen LogP contribution in [0.2, 0.25) is 0 Å². The highest BCUT2D eigenvalue weighted by molar-refractivity contribution is 7.22. The number of likely N-dealkylation sites (N-methyl/N-ethyl adjacent to an activating group) is 1. The van der Waals surface area contributed by atoms with Crippen molar-refractivity contribution in [1.29, 1.82) is 0 Å². The van der Waals surface area contributed by atoms with Gasteiger partial charge in [-0.15, -0.1) is 0 Å². The third kappa shape index (κ3) is 4.59. The molecule has 0 aliphatic rings. The predicted molar refractivity (Wildman–Crippen MR) is 118 cm³/mol. The number of carbonyl (C=O) groups excluding carboxylic acids is 1. The van der Waals surface area contributed by atoms with Crippen molar-refractivity contribution < 1.29 is 9.53 Å². The normalized spacial score (nSPS) is 11.6. The minimum atomic E-state index is -0.130. The molecule has 0 radical (unpaired) electrons. The molecule has 1 amide bonds. The van der Waals surface area contributed by atoms with E-state index in [2.05, 4.69) is 23.8 Å². The first-order valence-corrected chi connectivity index (χ1v) is 10.8. The minimum absolute atomic E-state index is 0.130. The minimum Gasteiger partial charge on any atom is -0.494 e. The van der Waals surface area contributed by atoms with Crippen LogP contribution in [0, 0.1) is 0 Å². The van der Waals surface area contributed by atoms with Gasteiger partial charge in [0.2, 0.25) is 0 Å². The number of hydrogen-bond donors (Lipinski definition) is 0. The van der Waals surface area contributed by atoms with Crippen LogP contribution in [0.5, 0.6) is 5.75 Å². The number of hydrogen-bond acceptors (Lipinski definition) is 6. The number of fused-ring (bicyclic) bond motifs is 1. The van der Waals surface area contributed by atoms with Gasteiger partial charge in [-0.3, -0.25) is 14.4 Å². The number of carbonyl (C=O) groups is 1. The number of ether oxygens (including phenoxy) is 1. The maximum Gasteiger partial charge on any atom is 0.280 e. The zero-order valence-electron chi connectivity index (χ0n) is 17.8. The molecule has 0 saturated carbocycles. The highest BCUT2D eigenvalue weighted by Crippen LogP contribution is 2.34. The van der Waals surface area contributed by atoms with Gasteiger partial charge in [-0.25, -0.2) is 4.98 Å². The topological polar surface area (TPSA) is 63.5 Å². The Morgan fingerprint density at radius 2 is 1.97 bits per heavy atom. The van der Waals surface area contributed by atoms with Gasteiger partial charge in [0.05, 0.1) is 11.8 Å². The first-order chi connectivity index (χ1) is 14.0. The third-order valence-electron chi connectivity index (χ3n) is 4.96. The standard InChI is InChI=1S/C21H29N5O2S/c1-6-24(7-2)13-14-25(20(27)16-11-12-26(23-16)15(3)4)21-22-19-17(28-5)9-8-10-18(19)29-21/h8-12,15H,6-7,13-14H2,1-5H3. The van der Waals surface area contributed by atoms with Gasteiger partial charge in [0.25, 0.3) is 5.91 Å². The molecule has 7 nitrogen and oxygen atoms in total. The van der Waals surface area contributed by atoms with Gasteiger partial charge < -0.3 is 9.64 Å². The van der Waals surface area contributed by atoms with Gasteiger partial charge in [0.1, 0.15) is 11.3 Å². The summed E-state index contributed by atoms with van der Waals surface area (Å²) >= 11 is 1.50. The smallest absolute Gasteiger partial charge is 0.280 e. The van der Waals surface area contributed by atoms with Crippen LogP contribution in [0.1, 0.15) is 44.2 Å². The molecule has 29 heavy (non-hydrogen) atoms. The summed E-state index contributed by atoms with van der Waals surface area (Å²) < 4.78 is 8.24. The quantitative estimate of drug-likeness (QED) is 0.527. The highest BCUT2D eigenvalue weighted by Gasteiger charge is 2.24. The second kappa shape index (κ2) is 9.37. The summed E-state index contributed by atoms with van der Waals surface area (Å²) in [5, 5.41) is 5.14. The summed E-state index contributed by atoms with van der Waals surface area (Å²) in [4.78, 5) is 22.2. The molecule has 156 valence electrons. The molecular formula is C21H29N5O2S. The average Bonchev–Trinajstić information content (AvgIpc) is 3.38. The van der Waals surface area contributed by atoms with E-state index in [4.69, 9.17) is 9.72 Å². The Labute approximate surface area is 175 Å². The first-order valence-electron chi connectivity index (χ1n) is 10.0. The molecule has 0 aliphatic heterocycles. The number of amides is 1. The number of thiazole rings is 1. The van der Waals surface area contributed by atoms with E-state index in [9.17, 15) is 4.79 Å². The van der Waals surface area contributed by atoms with Crippen LogP contribution in [0.25, 0.3) is 10.2 Å². The first kappa shape index (κ1) is 21.3. The van der Waals surface area contributed by atoms with Crippen LogP contribution < -0.4 is 9.64 Å². The number of methoxy groups -OCH3 is 1. The summed E-state index contributed by atoms with van der Waals surface area (Å²) in [5.41, 5.74) is 1.22. The fourth-order valence-electron chi connectivity index (χ4n) is 3.14. The lowest BCUT2D eigenvalue weighted by molar-refractivity contribution is 0.0978. The largest absolute Gasteiger partial charge is 0.494 e. The predicted octanol–water partition coefficient (Wildman–Crippen LogP) is 4.07. The molecule has 0 spiro atoms. The van der Waals surface area contributed by atoms with Crippen LogP contribution in [-0.2, 0) is 0 Å². The second-order valence-electron chi connectivity index (χ2n) is 7.06. The van der Waals surface area contributed by atoms with E-state index < -0.39 is 0 Å². The van der Waals surface area contributed by atoms with Crippen LogP contribution in [0.3, 0.4) is 0 Å². The van der Waals surface area contributed by atoms with Crippen LogP contribution in [0.15, 0.2) is 30.5 Å². The SMILES string of the molecule is CCN(CC)CCN(C(=O)c1ccn(C(C)C)n1)c1nc2c(OC)cccc2s1. The Hall–Kier alpha value is -2.45. The Kier molecular flexibility index (Phi) is 6.87. The molecular weight excluding hydrogens is 386 g/mol. The molecule has 0 saturated heterocycles. The fourth-order valence-corrected chi connectivity index (χ4v) is 4.14. The number of aromatic nitrogens is 3. The van der Waals surface area contributed by atoms with E-state index in [-0.39, 0.29) is 11.9 Å². The van der Waals surface area contributed by atoms with Gasteiger partial charge >= 0.3 is 0 Å². The van der Waals surface area contributed by atoms with E-state index in [0.717, 1.165) is 29.9 Å². The van der Waals surface area contributed by atoms with Crippen molar-refractivity contribution in [2.24, 2.45) is 0 Å². The van der Waals surface area contributed by atoms with Crippen molar-refractivity contribution in [2.75, 3.05) is 38.2 Å². The van der Waals surface area contributed by atoms with E-state index in [0.29, 0.717) is 23.1 Å². The summed E-state index contributed by atoms with van der Waals surface area (Å²) in [6.07, 6.45) is 1.85. The van der Waals surface area contributed by atoms with E-state index in [1.54, 1.807) is 22.8 Å². The Morgan fingerprint density at radius 1 is 1.21 bits per heavy atom. The van der Waals surface area contributed by atoms with E-state index >= 15 is 0 Å². The van der Waals surface area contributed by atoms with Gasteiger partial charge in [-0.2, -0.15) is 5.10 Å². The van der Waals surface area contributed by atoms with Gasteiger partial charge in [0.15, 0.2) is 10.8 Å². The van der Waals surface area contributed by atoms with Crippen molar-refractivity contribution in [3.63, 3.8) is 0 Å². The average molecular weight is 416 g/mol. The molecule has 1 aromatic carbocycles. The molecule has 0 atom stereocenters. The third-order valence-corrected chi connectivity index (χ3v) is 6.00. The van der Waals surface area contributed by atoms with Crippen molar-refractivity contribution in [3.05, 3.63) is 36.2 Å². The lowest BCUT2D eigenvalue weighted by Crippen LogP contribution is -2.39. The summed E-state index contributed by atoms with van der Waals surface area (Å²) in [6, 6.07) is 7.81. The van der Waals surface area contributed by atoms with Gasteiger partial charge in [0, 0.05) is 25.3 Å². The zero-order chi connectivity index (χ0) is 21.0. The van der Waals surface area contributed by atoms with Gasteiger partial charge in [-0.1, -0.05) is 31.3 Å².